The molecule has 0 radical (unpaired) electrons. The first kappa shape index (κ1) is 21.2. The van der Waals surface area contributed by atoms with Crippen LogP contribution < -0.4 is 5.32 Å². The molecule has 0 saturated heterocycles. The molecule has 5 nitrogen and oxygen atoms in total. The van der Waals surface area contributed by atoms with Gasteiger partial charge in [0.15, 0.2) is 5.13 Å². The number of aromatic nitrogens is 1. The largest absolute Gasteiger partial charge is 0.338 e. The first-order valence-corrected chi connectivity index (χ1v) is 12.7. The van der Waals surface area contributed by atoms with E-state index in [1.807, 2.05) is 31.1 Å². The van der Waals surface area contributed by atoms with E-state index in [0.29, 0.717) is 36.1 Å². The molecule has 1 aromatic rings. The van der Waals surface area contributed by atoms with Crippen molar-refractivity contribution >= 4 is 28.3 Å². The maximum Gasteiger partial charge on any atom is 0.246 e. The summed E-state index contributed by atoms with van der Waals surface area (Å²) in [7, 11) is 1.98. The summed E-state index contributed by atoms with van der Waals surface area (Å²) in [5.41, 5.74) is 0.339. The number of anilines is 1. The van der Waals surface area contributed by atoms with Crippen LogP contribution in [0.4, 0.5) is 5.13 Å². The lowest BCUT2D eigenvalue weighted by molar-refractivity contribution is -0.139. The molecule has 4 aliphatic rings. The molecule has 1 N–H and O–H groups in total. The number of carbonyl (C=O) groups excluding carboxylic acids is 2. The molecule has 3 fully saturated rings. The molecule has 6 heteroatoms. The normalized spacial score (nSPS) is 41.5. The van der Waals surface area contributed by atoms with Crippen molar-refractivity contribution in [2.24, 2.45) is 34.5 Å². The molecule has 5 rings (SSSR count). The molecule has 1 aliphatic heterocycles. The monoisotopic (exact) mass is 441 g/mol. The smallest absolute Gasteiger partial charge is 0.246 e. The van der Waals surface area contributed by atoms with Crippen LogP contribution in [0.5, 0.6) is 0 Å². The van der Waals surface area contributed by atoms with E-state index in [1.165, 1.54) is 25.7 Å². The average Bonchev–Trinajstić information content (AvgIpc) is 3.28. The molecule has 2 amide bonds. The molecule has 3 aliphatic carbocycles. The number of carbonyl (C=O) groups is 2. The van der Waals surface area contributed by atoms with Crippen LogP contribution in [-0.2, 0) is 9.59 Å². The molecule has 7 atom stereocenters. The Bertz CT molecular complexity index is 926. The van der Waals surface area contributed by atoms with Crippen molar-refractivity contribution < 1.29 is 9.59 Å². The van der Waals surface area contributed by atoms with Crippen molar-refractivity contribution in [1.29, 1.82) is 0 Å². The Hall–Kier alpha value is -1.69. The zero-order valence-corrected chi connectivity index (χ0v) is 20.0. The fraction of sp³-hybridized carbons (Fsp3) is 0.720. The molecular weight excluding hydrogens is 406 g/mol. The van der Waals surface area contributed by atoms with Gasteiger partial charge in [0.05, 0.1) is 0 Å². The van der Waals surface area contributed by atoms with Gasteiger partial charge in [-0.2, -0.15) is 0 Å². The predicted octanol–water partition coefficient (Wildman–Crippen LogP) is 5.04. The van der Waals surface area contributed by atoms with Gasteiger partial charge in [0.2, 0.25) is 11.8 Å². The average molecular weight is 442 g/mol. The fourth-order valence-electron chi connectivity index (χ4n) is 7.99. The van der Waals surface area contributed by atoms with Gasteiger partial charge in [0.25, 0.3) is 0 Å². The zero-order chi connectivity index (χ0) is 22.0. The number of rotatable bonds is 3. The van der Waals surface area contributed by atoms with Crippen LogP contribution in [0, 0.1) is 41.4 Å². The summed E-state index contributed by atoms with van der Waals surface area (Å²) in [6.07, 6.45) is 13.6. The van der Waals surface area contributed by atoms with Gasteiger partial charge < -0.3 is 10.2 Å². The van der Waals surface area contributed by atoms with Gasteiger partial charge in [0.1, 0.15) is 0 Å². The number of nitrogens with one attached hydrogen (secondary N) is 1. The zero-order valence-electron chi connectivity index (χ0n) is 19.2. The van der Waals surface area contributed by atoms with E-state index >= 15 is 0 Å². The maximum absolute atomic E-state index is 12.8. The number of likely N-dealkylation sites (N-methyl/N-ethyl adjacent to an activating group) is 1. The van der Waals surface area contributed by atoms with E-state index in [4.69, 9.17) is 0 Å². The molecule has 0 aromatic carbocycles. The highest BCUT2D eigenvalue weighted by molar-refractivity contribution is 7.15. The number of fused-ring (bicyclic) bond motifs is 5. The Labute approximate surface area is 189 Å². The van der Waals surface area contributed by atoms with E-state index < -0.39 is 0 Å². The van der Waals surface area contributed by atoms with Gasteiger partial charge in [-0.15, -0.1) is 11.3 Å². The minimum Gasteiger partial charge on any atom is -0.338 e. The lowest BCUT2D eigenvalue weighted by Gasteiger charge is -2.60. The van der Waals surface area contributed by atoms with E-state index in [0.717, 1.165) is 22.9 Å². The lowest BCUT2D eigenvalue weighted by atomic mass is 9.47. The van der Waals surface area contributed by atoms with Crippen LogP contribution in [0.3, 0.4) is 0 Å². The number of hydrogen-bond donors (Lipinski definition) is 1. The van der Waals surface area contributed by atoms with Crippen molar-refractivity contribution in [3.8, 4) is 0 Å². The first-order valence-electron chi connectivity index (χ1n) is 11.9. The Kier molecular flexibility index (Phi) is 5.07. The molecule has 3 saturated carbocycles. The standard InChI is InChI=1S/C25H35N3O2S/c1-15-14-26-23(31-15)27-21(29)13-16-5-7-18-17-6-8-20-25(3,12-10-22(30)28(20)4)19(17)9-11-24(16,18)2/h10,12,14,16-20H,5-9,11,13H2,1-4H3,(H,26,27,29)/t16-,17?,18?,19?,20?,24-,25-/m1/s1. The van der Waals surface area contributed by atoms with Gasteiger partial charge in [-0.25, -0.2) is 4.98 Å². The van der Waals surface area contributed by atoms with Crippen molar-refractivity contribution in [1.82, 2.24) is 9.88 Å². The highest BCUT2D eigenvalue weighted by atomic mass is 32.1. The number of nitrogens with zero attached hydrogens (tertiary/aromatic N) is 2. The predicted molar refractivity (Wildman–Crippen MR) is 124 cm³/mol. The number of amides is 2. The van der Waals surface area contributed by atoms with E-state index in [2.05, 4.69) is 30.2 Å². The van der Waals surface area contributed by atoms with Crippen molar-refractivity contribution in [3.05, 3.63) is 23.2 Å². The Balaban J connectivity index is 1.32. The minimum absolute atomic E-state index is 0.0884. The summed E-state index contributed by atoms with van der Waals surface area (Å²) in [5, 5.41) is 3.75. The van der Waals surface area contributed by atoms with Crippen molar-refractivity contribution in [3.63, 3.8) is 0 Å². The van der Waals surface area contributed by atoms with Crippen LogP contribution in [0.1, 0.15) is 63.7 Å². The molecule has 2 heterocycles. The summed E-state index contributed by atoms with van der Waals surface area (Å²) < 4.78 is 0. The van der Waals surface area contributed by atoms with Crippen LogP contribution in [0.2, 0.25) is 0 Å². The Morgan fingerprint density at radius 3 is 2.77 bits per heavy atom. The van der Waals surface area contributed by atoms with E-state index in [-0.39, 0.29) is 22.6 Å². The minimum atomic E-state index is 0.0884. The van der Waals surface area contributed by atoms with Gasteiger partial charge >= 0.3 is 0 Å². The third-order valence-electron chi connectivity index (χ3n) is 9.62. The molecule has 168 valence electrons. The third-order valence-corrected chi connectivity index (χ3v) is 10.5. The van der Waals surface area contributed by atoms with Crippen LogP contribution >= 0.6 is 11.3 Å². The van der Waals surface area contributed by atoms with Gasteiger partial charge in [0, 0.05) is 36.0 Å². The summed E-state index contributed by atoms with van der Waals surface area (Å²) in [6.45, 7) is 6.87. The van der Waals surface area contributed by atoms with Crippen LogP contribution in [-0.4, -0.2) is 34.8 Å². The number of aryl methyl sites for hydroxylation is 1. The summed E-state index contributed by atoms with van der Waals surface area (Å²) in [5.74, 6) is 2.78. The van der Waals surface area contributed by atoms with Crippen LogP contribution in [0.15, 0.2) is 18.3 Å². The SMILES string of the molecule is Cc1cnc(NC(=O)C[C@H]2CCC3C4CCC5N(C)C(=O)C=C[C@]5(C)C4CC[C@@]32C)s1. The van der Waals surface area contributed by atoms with E-state index in [1.54, 1.807) is 11.3 Å². The summed E-state index contributed by atoms with van der Waals surface area (Å²) in [4.78, 5) is 32.5. The van der Waals surface area contributed by atoms with Crippen molar-refractivity contribution in [2.75, 3.05) is 12.4 Å². The number of thiazole rings is 1. The second-order valence-electron chi connectivity index (χ2n) is 11.0. The highest BCUT2D eigenvalue weighted by Gasteiger charge is 2.60. The van der Waals surface area contributed by atoms with Gasteiger partial charge in [-0.3, -0.25) is 9.59 Å². The summed E-state index contributed by atoms with van der Waals surface area (Å²) >= 11 is 1.54. The lowest BCUT2D eigenvalue weighted by Crippen LogP contribution is -2.59. The molecule has 1 aromatic heterocycles. The second-order valence-corrected chi connectivity index (χ2v) is 12.2. The van der Waals surface area contributed by atoms with E-state index in [9.17, 15) is 9.59 Å². The highest BCUT2D eigenvalue weighted by Crippen LogP contribution is 2.65. The topological polar surface area (TPSA) is 62.3 Å². The molecule has 4 unspecified atom stereocenters. The second kappa shape index (κ2) is 7.43. The van der Waals surface area contributed by atoms with Crippen molar-refractivity contribution in [2.45, 2.75) is 71.8 Å². The Morgan fingerprint density at radius 1 is 1.23 bits per heavy atom. The molecular formula is C25H35N3O2S. The summed E-state index contributed by atoms with van der Waals surface area (Å²) in [6, 6.07) is 0.334. The maximum atomic E-state index is 12.8. The van der Waals surface area contributed by atoms with Gasteiger partial charge in [-0.1, -0.05) is 19.9 Å². The quantitative estimate of drug-likeness (QED) is 0.715. The van der Waals surface area contributed by atoms with Crippen LogP contribution in [0.25, 0.3) is 0 Å². The third kappa shape index (κ3) is 3.28. The first-order chi connectivity index (χ1) is 14.7. The molecule has 31 heavy (non-hydrogen) atoms. The Morgan fingerprint density at radius 2 is 2.03 bits per heavy atom. The fourth-order valence-corrected chi connectivity index (χ4v) is 8.67. The molecule has 0 spiro atoms. The van der Waals surface area contributed by atoms with Gasteiger partial charge in [-0.05, 0) is 80.6 Å². The number of hydrogen-bond acceptors (Lipinski definition) is 4. The molecule has 0 bridgehead atoms.